The van der Waals surface area contributed by atoms with Gasteiger partial charge in [-0.2, -0.15) is 0 Å². The zero-order chi connectivity index (χ0) is 20.4. The van der Waals surface area contributed by atoms with Gasteiger partial charge in [-0.15, -0.1) is 0 Å². The van der Waals surface area contributed by atoms with Crippen LogP contribution in [0.25, 0.3) is 0 Å². The third-order valence-corrected chi connectivity index (χ3v) is 4.77. The Bertz CT molecular complexity index is 779. The number of carbonyl (C=O) groups is 2. The Labute approximate surface area is 166 Å². The van der Waals surface area contributed by atoms with E-state index in [2.05, 4.69) is 10.6 Å². The molecule has 1 amide bonds. The summed E-state index contributed by atoms with van der Waals surface area (Å²) < 4.78 is 4.95. The van der Waals surface area contributed by atoms with Gasteiger partial charge < -0.3 is 20.3 Å². The molecule has 1 aromatic rings. The van der Waals surface area contributed by atoms with E-state index in [9.17, 15) is 9.59 Å². The molecule has 0 saturated carbocycles. The predicted octanol–water partition coefficient (Wildman–Crippen LogP) is 3.37. The van der Waals surface area contributed by atoms with E-state index in [1.54, 1.807) is 11.9 Å². The molecule has 7 heteroatoms. The molecular formula is C20H27N3O3S. The van der Waals surface area contributed by atoms with Crippen molar-refractivity contribution in [2.24, 2.45) is 5.41 Å². The van der Waals surface area contributed by atoms with E-state index in [0.717, 1.165) is 11.3 Å². The van der Waals surface area contributed by atoms with Gasteiger partial charge in [-0.1, -0.05) is 32.9 Å². The van der Waals surface area contributed by atoms with Crippen LogP contribution < -0.4 is 10.6 Å². The van der Waals surface area contributed by atoms with Gasteiger partial charge in [0.05, 0.1) is 18.7 Å². The first-order chi connectivity index (χ1) is 12.5. The highest BCUT2D eigenvalue weighted by atomic mass is 32.1. The van der Waals surface area contributed by atoms with Crippen molar-refractivity contribution in [2.75, 3.05) is 19.5 Å². The Morgan fingerprint density at radius 3 is 2.37 bits per heavy atom. The number of amides is 1. The van der Waals surface area contributed by atoms with Gasteiger partial charge in [-0.3, -0.25) is 4.79 Å². The first kappa shape index (κ1) is 20.9. The molecule has 0 spiro atoms. The summed E-state index contributed by atoms with van der Waals surface area (Å²) >= 11 is 5.36. The van der Waals surface area contributed by atoms with Gasteiger partial charge in [0, 0.05) is 24.9 Å². The highest BCUT2D eigenvalue weighted by molar-refractivity contribution is 7.80. The molecule has 1 aromatic carbocycles. The number of ether oxygens (including phenoxy) is 1. The molecule has 0 aliphatic carbocycles. The number of nitrogens with zero attached hydrogens (tertiary/aromatic N) is 1. The number of rotatable bonds is 4. The van der Waals surface area contributed by atoms with Crippen molar-refractivity contribution in [1.29, 1.82) is 0 Å². The van der Waals surface area contributed by atoms with E-state index < -0.39 is 12.0 Å². The summed E-state index contributed by atoms with van der Waals surface area (Å²) in [5.74, 6) is -0.429. The van der Waals surface area contributed by atoms with Gasteiger partial charge in [-0.25, -0.2) is 4.79 Å². The summed E-state index contributed by atoms with van der Waals surface area (Å²) in [4.78, 5) is 26.2. The summed E-state index contributed by atoms with van der Waals surface area (Å²) in [5, 5.41) is 6.62. The van der Waals surface area contributed by atoms with Gasteiger partial charge >= 0.3 is 5.97 Å². The molecule has 0 saturated heterocycles. The van der Waals surface area contributed by atoms with Crippen molar-refractivity contribution in [3.05, 3.63) is 41.1 Å². The van der Waals surface area contributed by atoms with E-state index >= 15 is 0 Å². The summed E-state index contributed by atoms with van der Waals surface area (Å²) in [6, 6.07) is 6.98. The third kappa shape index (κ3) is 5.07. The minimum absolute atomic E-state index is 0.0279. The van der Waals surface area contributed by atoms with Gasteiger partial charge in [0.1, 0.15) is 0 Å². The number of thiocarbonyl (C=S) groups is 1. The fourth-order valence-corrected chi connectivity index (χ4v) is 3.16. The number of anilines is 1. The number of nitrogens with one attached hydrogen (secondary N) is 2. The molecule has 27 heavy (non-hydrogen) atoms. The molecule has 1 unspecified atom stereocenters. The highest BCUT2D eigenvalue weighted by Crippen LogP contribution is 2.31. The van der Waals surface area contributed by atoms with Crippen LogP contribution in [-0.2, 0) is 14.3 Å². The van der Waals surface area contributed by atoms with Crippen LogP contribution in [0.5, 0.6) is 0 Å². The summed E-state index contributed by atoms with van der Waals surface area (Å²) in [6.45, 7) is 7.90. The molecule has 0 radical (unpaired) electrons. The Balaban J connectivity index is 2.25. The normalized spacial score (nSPS) is 17.5. The molecule has 0 aromatic heterocycles. The first-order valence-electron chi connectivity index (χ1n) is 8.76. The van der Waals surface area contributed by atoms with Crippen LogP contribution in [0.3, 0.4) is 0 Å². The molecule has 1 heterocycles. The fraction of sp³-hybridized carbons (Fsp3) is 0.450. The molecule has 0 fully saturated rings. The average molecular weight is 390 g/mol. The number of hydrogen-bond acceptors (Lipinski definition) is 4. The lowest BCUT2D eigenvalue weighted by Crippen LogP contribution is -2.46. The van der Waals surface area contributed by atoms with E-state index in [1.807, 2.05) is 52.0 Å². The maximum Gasteiger partial charge on any atom is 0.337 e. The predicted molar refractivity (Wildman–Crippen MR) is 110 cm³/mol. The Morgan fingerprint density at radius 1 is 1.26 bits per heavy atom. The lowest BCUT2D eigenvalue weighted by molar-refractivity contribution is -0.136. The van der Waals surface area contributed by atoms with Crippen molar-refractivity contribution in [2.45, 2.75) is 40.2 Å². The van der Waals surface area contributed by atoms with E-state index in [4.69, 9.17) is 17.0 Å². The summed E-state index contributed by atoms with van der Waals surface area (Å²) in [6.07, 6.45) is 0.438. The quantitative estimate of drug-likeness (QED) is 0.608. The van der Waals surface area contributed by atoms with E-state index in [1.165, 1.54) is 7.11 Å². The maximum atomic E-state index is 12.3. The fourth-order valence-electron chi connectivity index (χ4n) is 2.91. The monoisotopic (exact) mass is 389 g/mol. The Morgan fingerprint density at radius 2 is 1.85 bits per heavy atom. The Kier molecular flexibility index (Phi) is 6.26. The highest BCUT2D eigenvalue weighted by Gasteiger charge is 2.33. The van der Waals surface area contributed by atoms with Gasteiger partial charge in [-0.05, 0) is 42.3 Å². The van der Waals surface area contributed by atoms with Crippen LogP contribution >= 0.6 is 12.2 Å². The average Bonchev–Trinajstić information content (AvgIpc) is 2.57. The second-order valence-electron chi connectivity index (χ2n) is 7.84. The number of allylic oxidation sites excluding steroid dienone is 1. The van der Waals surface area contributed by atoms with Crippen molar-refractivity contribution in [1.82, 2.24) is 10.2 Å². The number of esters is 1. The summed E-state index contributed by atoms with van der Waals surface area (Å²) in [5.41, 5.74) is 2.76. The van der Waals surface area contributed by atoms with Crippen molar-refractivity contribution in [3.63, 3.8) is 0 Å². The van der Waals surface area contributed by atoms with E-state index in [-0.39, 0.29) is 11.3 Å². The molecule has 6 nitrogen and oxygen atoms in total. The molecule has 2 N–H and O–H groups in total. The minimum Gasteiger partial charge on any atom is -0.466 e. The minimum atomic E-state index is -0.402. The van der Waals surface area contributed by atoms with Gasteiger partial charge in [0.2, 0.25) is 5.91 Å². The van der Waals surface area contributed by atoms with Crippen LogP contribution in [0.4, 0.5) is 5.69 Å². The van der Waals surface area contributed by atoms with E-state index in [0.29, 0.717) is 22.8 Å². The smallest absolute Gasteiger partial charge is 0.337 e. The zero-order valence-electron chi connectivity index (χ0n) is 16.7. The van der Waals surface area contributed by atoms with Crippen LogP contribution in [-0.4, -0.2) is 36.0 Å². The second kappa shape index (κ2) is 8.08. The molecule has 1 aliphatic heterocycles. The SMILES string of the molecule is COC(=O)C1=C(C)N(C)C(=S)NC1c1ccc(NC(=O)CC(C)(C)C)cc1. The Hall–Kier alpha value is -2.41. The molecule has 1 aliphatic rings. The van der Waals surface area contributed by atoms with Crippen molar-refractivity contribution >= 4 is 34.9 Å². The van der Waals surface area contributed by atoms with Crippen LogP contribution in [0.15, 0.2) is 35.5 Å². The number of methoxy groups -OCH3 is 1. The molecule has 146 valence electrons. The number of benzene rings is 1. The topological polar surface area (TPSA) is 70.7 Å². The van der Waals surface area contributed by atoms with Crippen LogP contribution in [0, 0.1) is 5.41 Å². The standard InChI is InChI=1S/C20H27N3O3S/c1-12-16(18(25)26-6)17(22-19(27)23(12)5)13-7-9-14(10-8-13)21-15(24)11-20(2,3)4/h7-10,17H,11H2,1-6H3,(H,21,24)(H,22,27). The zero-order valence-corrected chi connectivity index (χ0v) is 17.5. The van der Waals surface area contributed by atoms with Crippen LogP contribution in [0.1, 0.15) is 45.7 Å². The van der Waals surface area contributed by atoms with Crippen LogP contribution in [0.2, 0.25) is 0 Å². The molecular weight excluding hydrogens is 362 g/mol. The van der Waals surface area contributed by atoms with Crippen molar-refractivity contribution in [3.8, 4) is 0 Å². The van der Waals surface area contributed by atoms with Gasteiger partial charge in [0.25, 0.3) is 0 Å². The first-order valence-corrected chi connectivity index (χ1v) is 9.17. The second-order valence-corrected chi connectivity index (χ2v) is 8.23. The maximum absolute atomic E-state index is 12.3. The van der Waals surface area contributed by atoms with Crippen molar-refractivity contribution < 1.29 is 14.3 Å². The molecule has 2 rings (SSSR count). The molecule has 0 bridgehead atoms. The summed E-state index contributed by atoms with van der Waals surface area (Å²) in [7, 11) is 3.16. The molecule has 1 atom stereocenters. The third-order valence-electron chi connectivity index (χ3n) is 4.38. The lowest BCUT2D eigenvalue weighted by atomic mass is 9.92. The number of carbonyl (C=O) groups excluding carboxylic acids is 2. The lowest BCUT2D eigenvalue weighted by Gasteiger charge is -2.35. The number of hydrogen-bond donors (Lipinski definition) is 2. The van der Waals surface area contributed by atoms with Gasteiger partial charge in [0.15, 0.2) is 5.11 Å². The largest absolute Gasteiger partial charge is 0.466 e.